The van der Waals surface area contributed by atoms with Crippen LogP contribution in [0, 0.1) is 12.8 Å². The smallest absolute Gasteiger partial charge is 0.286 e. The summed E-state index contributed by atoms with van der Waals surface area (Å²) < 4.78 is 5.46. The summed E-state index contributed by atoms with van der Waals surface area (Å²) in [6.07, 6.45) is 1.10. The number of hydrogen-bond donors (Lipinski definition) is 2. The molecule has 0 radical (unpaired) electrons. The van der Waals surface area contributed by atoms with Crippen LogP contribution in [-0.2, 0) is 11.3 Å². The number of benzene rings is 1. The molecule has 2 aromatic heterocycles. The molecular formula is C22H22ClN5O4S. The van der Waals surface area contributed by atoms with E-state index in [1.165, 1.54) is 0 Å². The summed E-state index contributed by atoms with van der Waals surface area (Å²) in [4.78, 5) is 39.3. The maximum atomic E-state index is 12.8. The maximum Gasteiger partial charge on any atom is 0.286 e. The first kappa shape index (κ1) is 22.9. The molecule has 3 heterocycles. The molecule has 1 aliphatic heterocycles. The highest BCUT2D eigenvalue weighted by Crippen LogP contribution is 2.22. The summed E-state index contributed by atoms with van der Waals surface area (Å²) >= 11 is 6.86. The zero-order valence-electron chi connectivity index (χ0n) is 17.8. The number of carbonyl (C=O) groups is 3. The molecule has 11 heteroatoms. The van der Waals surface area contributed by atoms with Crippen molar-refractivity contribution in [3.63, 3.8) is 0 Å². The molecule has 3 amide bonds. The number of likely N-dealkylation sites (tertiary alicyclic amines) is 1. The van der Waals surface area contributed by atoms with E-state index in [1.807, 2.05) is 19.1 Å². The number of nitrogens with one attached hydrogen (secondary N) is 2. The molecule has 1 aliphatic rings. The van der Waals surface area contributed by atoms with E-state index in [-0.39, 0.29) is 27.7 Å². The molecule has 1 saturated heterocycles. The SMILES string of the molecule is Cc1ccc(CNC(=O)C2CCN(C(=O)c3nnc(C(=O)Nc4cccc(Cl)c4)s3)CC2)o1. The molecule has 33 heavy (non-hydrogen) atoms. The van der Waals surface area contributed by atoms with Crippen LogP contribution >= 0.6 is 22.9 Å². The van der Waals surface area contributed by atoms with E-state index in [2.05, 4.69) is 20.8 Å². The molecule has 0 atom stereocenters. The van der Waals surface area contributed by atoms with E-state index in [0.717, 1.165) is 17.1 Å². The molecule has 0 bridgehead atoms. The molecule has 0 spiro atoms. The van der Waals surface area contributed by atoms with Gasteiger partial charge in [0.25, 0.3) is 11.8 Å². The largest absolute Gasteiger partial charge is 0.465 e. The van der Waals surface area contributed by atoms with Gasteiger partial charge in [-0.25, -0.2) is 0 Å². The third kappa shape index (κ3) is 5.77. The Bertz CT molecular complexity index is 1170. The minimum atomic E-state index is -0.462. The van der Waals surface area contributed by atoms with Crippen LogP contribution in [-0.4, -0.2) is 45.9 Å². The number of halogens is 1. The van der Waals surface area contributed by atoms with E-state index < -0.39 is 5.91 Å². The first-order valence-corrected chi connectivity index (χ1v) is 11.6. The number of amides is 3. The number of anilines is 1. The number of aromatic nitrogens is 2. The topological polar surface area (TPSA) is 117 Å². The van der Waals surface area contributed by atoms with Gasteiger partial charge >= 0.3 is 0 Å². The zero-order chi connectivity index (χ0) is 23.4. The second kappa shape index (κ2) is 10.1. The van der Waals surface area contributed by atoms with Crippen LogP contribution in [0.3, 0.4) is 0 Å². The molecule has 1 fully saturated rings. The summed E-state index contributed by atoms with van der Waals surface area (Å²) in [5.74, 6) is 0.536. The van der Waals surface area contributed by atoms with Gasteiger partial charge in [-0.2, -0.15) is 0 Å². The summed E-state index contributed by atoms with van der Waals surface area (Å²) in [7, 11) is 0. The standard InChI is InChI=1S/C22H22ClN5O4S/c1-13-5-6-17(32-13)12-24-18(29)14-7-9-28(10-8-14)22(31)21-27-26-20(33-21)19(30)25-16-4-2-3-15(23)11-16/h2-6,11,14H,7-10,12H2,1H3,(H,24,29)(H,25,30). The fraction of sp³-hybridized carbons (Fsp3) is 0.318. The number of nitrogens with zero attached hydrogens (tertiary/aromatic N) is 3. The highest BCUT2D eigenvalue weighted by atomic mass is 35.5. The van der Waals surface area contributed by atoms with E-state index in [0.29, 0.717) is 48.9 Å². The molecule has 3 aromatic rings. The second-order valence-corrected chi connectivity index (χ2v) is 9.09. The second-order valence-electron chi connectivity index (χ2n) is 7.67. The van der Waals surface area contributed by atoms with Crippen molar-refractivity contribution in [2.75, 3.05) is 18.4 Å². The van der Waals surface area contributed by atoms with Crippen LogP contribution in [0.25, 0.3) is 0 Å². The monoisotopic (exact) mass is 487 g/mol. The predicted octanol–water partition coefficient (Wildman–Crippen LogP) is 3.51. The lowest BCUT2D eigenvalue weighted by Gasteiger charge is -2.30. The van der Waals surface area contributed by atoms with Gasteiger partial charge < -0.3 is 20.0 Å². The first-order chi connectivity index (χ1) is 15.9. The van der Waals surface area contributed by atoms with Crippen molar-refractivity contribution in [1.29, 1.82) is 0 Å². The van der Waals surface area contributed by atoms with Gasteiger partial charge in [0.1, 0.15) is 11.5 Å². The van der Waals surface area contributed by atoms with Crippen LogP contribution in [0.1, 0.15) is 44.0 Å². The maximum absolute atomic E-state index is 12.8. The molecule has 0 saturated carbocycles. The Hall–Kier alpha value is -3.24. The van der Waals surface area contributed by atoms with E-state index in [9.17, 15) is 14.4 Å². The number of furan rings is 1. The van der Waals surface area contributed by atoms with E-state index in [4.69, 9.17) is 16.0 Å². The number of aryl methyl sites for hydroxylation is 1. The Balaban J connectivity index is 1.27. The number of rotatable bonds is 6. The lowest BCUT2D eigenvalue weighted by molar-refractivity contribution is -0.126. The lowest BCUT2D eigenvalue weighted by Crippen LogP contribution is -2.42. The minimum Gasteiger partial charge on any atom is -0.465 e. The third-order valence-electron chi connectivity index (χ3n) is 5.27. The minimum absolute atomic E-state index is 0.0490. The summed E-state index contributed by atoms with van der Waals surface area (Å²) in [6, 6.07) is 10.4. The van der Waals surface area contributed by atoms with Crippen molar-refractivity contribution in [2.45, 2.75) is 26.3 Å². The zero-order valence-corrected chi connectivity index (χ0v) is 19.4. The third-order valence-corrected chi connectivity index (χ3v) is 6.42. The summed E-state index contributed by atoms with van der Waals surface area (Å²) in [5.41, 5.74) is 0.526. The van der Waals surface area contributed by atoms with Gasteiger partial charge in [-0.15, -0.1) is 10.2 Å². The Kier molecular flexibility index (Phi) is 7.05. The van der Waals surface area contributed by atoms with Crippen LogP contribution in [0.4, 0.5) is 5.69 Å². The Morgan fingerprint density at radius 3 is 2.61 bits per heavy atom. The molecule has 172 valence electrons. The van der Waals surface area contributed by atoms with Crippen LogP contribution in [0.2, 0.25) is 5.02 Å². The van der Waals surface area contributed by atoms with E-state index in [1.54, 1.807) is 29.2 Å². The molecule has 0 aliphatic carbocycles. The molecule has 1 aromatic carbocycles. The van der Waals surface area contributed by atoms with Gasteiger partial charge in [-0.05, 0) is 50.1 Å². The predicted molar refractivity (Wildman–Crippen MR) is 123 cm³/mol. The lowest BCUT2D eigenvalue weighted by atomic mass is 9.96. The first-order valence-electron chi connectivity index (χ1n) is 10.4. The average molecular weight is 488 g/mol. The highest BCUT2D eigenvalue weighted by Gasteiger charge is 2.30. The van der Waals surface area contributed by atoms with Crippen LogP contribution < -0.4 is 10.6 Å². The van der Waals surface area contributed by atoms with Gasteiger partial charge in [0.15, 0.2) is 0 Å². The van der Waals surface area contributed by atoms with Crippen molar-refractivity contribution >= 4 is 46.3 Å². The van der Waals surface area contributed by atoms with Crippen LogP contribution in [0.5, 0.6) is 0 Å². The number of piperidine rings is 1. The molecule has 9 nitrogen and oxygen atoms in total. The van der Waals surface area contributed by atoms with Crippen molar-refractivity contribution < 1.29 is 18.8 Å². The normalized spacial score (nSPS) is 14.2. The van der Waals surface area contributed by atoms with Crippen molar-refractivity contribution in [2.24, 2.45) is 5.92 Å². The van der Waals surface area contributed by atoms with E-state index >= 15 is 0 Å². The average Bonchev–Trinajstić information content (AvgIpc) is 3.46. The van der Waals surface area contributed by atoms with Crippen molar-refractivity contribution in [1.82, 2.24) is 20.4 Å². The van der Waals surface area contributed by atoms with Gasteiger partial charge in [-0.1, -0.05) is 29.0 Å². The van der Waals surface area contributed by atoms with Gasteiger partial charge in [0.05, 0.1) is 6.54 Å². The molecule has 0 unspecified atom stereocenters. The molecule has 2 N–H and O–H groups in total. The Morgan fingerprint density at radius 2 is 1.91 bits per heavy atom. The molecule has 4 rings (SSSR count). The Morgan fingerprint density at radius 1 is 1.15 bits per heavy atom. The van der Waals surface area contributed by atoms with Crippen LogP contribution in [0.15, 0.2) is 40.8 Å². The number of carbonyl (C=O) groups excluding carboxylic acids is 3. The van der Waals surface area contributed by atoms with Gasteiger partial charge in [-0.3, -0.25) is 14.4 Å². The summed E-state index contributed by atoms with van der Waals surface area (Å²) in [6.45, 7) is 3.06. The fourth-order valence-electron chi connectivity index (χ4n) is 3.53. The van der Waals surface area contributed by atoms with Gasteiger partial charge in [0, 0.05) is 29.7 Å². The Labute approximate surface area is 199 Å². The number of hydrogen-bond acceptors (Lipinski definition) is 7. The van der Waals surface area contributed by atoms with Crippen molar-refractivity contribution in [3.8, 4) is 0 Å². The summed E-state index contributed by atoms with van der Waals surface area (Å²) in [5, 5.41) is 14.0. The van der Waals surface area contributed by atoms with Gasteiger partial charge in [0.2, 0.25) is 15.9 Å². The molecular weight excluding hydrogens is 466 g/mol. The fourth-order valence-corrected chi connectivity index (χ4v) is 4.43. The quantitative estimate of drug-likeness (QED) is 0.549. The van der Waals surface area contributed by atoms with Crippen molar-refractivity contribution in [3.05, 3.63) is 63.0 Å². The highest BCUT2D eigenvalue weighted by molar-refractivity contribution is 7.15.